The van der Waals surface area contributed by atoms with Crippen molar-refractivity contribution in [3.8, 4) is 5.75 Å². The Balaban J connectivity index is 2.58. The topological polar surface area (TPSA) is 50.4 Å². The number of carbonyl (C=O) groups is 1. The summed E-state index contributed by atoms with van der Waals surface area (Å²) in [4.78, 5) is 11.9. The van der Waals surface area contributed by atoms with Gasteiger partial charge in [0.2, 0.25) is 0 Å². The molecule has 1 aromatic carbocycles. The van der Waals surface area contributed by atoms with Gasteiger partial charge >= 0.3 is 12.4 Å². The highest BCUT2D eigenvalue weighted by Gasteiger charge is 2.31. The number of benzene rings is 1. The Bertz CT molecular complexity index is 506. The zero-order valence-electron chi connectivity index (χ0n) is 13.5. The SMILES string of the molecule is CCCCC(C)NC(=O)NC(C)c1cccc(OC(F)(F)F)c1. The van der Waals surface area contributed by atoms with Crippen LogP contribution in [0.3, 0.4) is 0 Å². The summed E-state index contributed by atoms with van der Waals surface area (Å²) in [5, 5.41) is 5.51. The second-order valence-corrected chi connectivity index (χ2v) is 5.50. The van der Waals surface area contributed by atoms with E-state index in [1.807, 2.05) is 6.92 Å². The molecule has 2 amide bonds. The normalized spacial score (nSPS) is 14.0. The van der Waals surface area contributed by atoms with Crippen molar-refractivity contribution in [3.63, 3.8) is 0 Å². The molecule has 0 saturated heterocycles. The second-order valence-electron chi connectivity index (χ2n) is 5.50. The number of nitrogens with one attached hydrogen (secondary N) is 2. The Morgan fingerprint density at radius 2 is 1.96 bits per heavy atom. The van der Waals surface area contributed by atoms with Gasteiger partial charge in [-0.3, -0.25) is 0 Å². The minimum Gasteiger partial charge on any atom is -0.406 e. The number of unbranched alkanes of at least 4 members (excludes halogenated alkanes) is 1. The van der Waals surface area contributed by atoms with Crippen LogP contribution in [0.1, 0.15) is 51.6 Å². The van der Waals surface area contributed by atoms with Crippen LogP contribution in [-0.2, 0) is 0 Å². The van der Waals surface area contributed by atoms with Crippen LogP contribution >= 0.6 is 0 Å². The van der Waals surface area contributed by atoms with E-state index < -0.39 is 12.4 Å². The molecule has 0 aliphatic carbocycles. The summed E-state index contributed by atoms with van der Waals surface area (Å²) in [7, 11) is 0. The van der Waals surface area contributed by atoms with Crippen LogP contribution in [0.4, 0.5) is 18.0 Å². The summed E-state index contributed by atoms with van der Waals surface area (Å²) in [5.41, 5.74) is 0.531. The van der Waals surface area contributed by atoms with Crippen molar-refractivity contribution in [2.75, 3.05) is 0 Å². The maximum Gasteiger partial charge on any atom is 0.573 e. The number of urea groups is 1. The first-order valence-corrected chi connectivity index (χ1v) is 7.64. The fourth-order valence-corrected chi connectivity index (χ4v) is 2.11. The first-order chi connectivity index (χ1) is 10.7. The number of amides is 2. The number of halogens is 3. The smallest absolute Gasteiger partial charge is 0.406 e. The predicted molar refractivity (Wildman–Crippen MR) is 82.2 cm³/mol. The number of ether oxygens (including phenoxy) is 1. The standard InChI is InChI=1S/C16H23F3N2O2/c1-4-5-7-11(2)20-15(22)21-12(3)13-8-6-9-14(10-13)23-16(17,18)19/h6,8-12H,4-5,7H2,1-3H3,(H2,20,21,22). The fraction of sp³-hybridized carbons (Fsp3) is 0.562. The molecule has 0 aliphatic heterocycles. The first-order valence-electron chi connectivity index (χ1n) is 7.64. The summed E-state index contributed by atoms with van der Waals surface area (Å²) in [6.07, 6.45) is -1.78. The van der Waals surface area contributed by atoms with E-state index >= 15 is 0 Å². The molecule has 2 N–H and O–H groups in total. The van der Waals surface area contributed by atoms with Gasteiger partial charge in [0.25, 0.3) is 0 Å². The van der Waals surface area contributed by atoms with Crippen molar-refractivity contribution in [1.29, 1.82) is 0 Å². The number of carbonyl (C=O) groups excluding carboxylic acids is 1. The molecular formula is C16H23F3N2O2. The largest absolute Gasteiger partial charge is 0.573 e. The Morgan fingerprint density at radius 3 is 2.57 bits per heavy atom. The lowest BCUT2D eigenvalue weighted by Crippen LogP contribution is -2.41. The van der Waals surface area contributed by atoms with Crippen LogP contribution in [0.5, 0.6) is 5.75 Å². The van der Waals surface area contributed by atoms with Crippen molar-refractivity contribution in [1.82, 2.24) is 10.6 Å². The monoisotopic (exact) mass is 332 g/mol. The van der Waals surface area contributed by atoms with E-state index in [4.69, 9.17) is 0 Å². The van der Waals surface area contributed by atoms with E-state index in [2.05, 4.69) is 22.3 Å². The summed E-state index contributed by atoms with van der Waals surface area (Å²) >= 11 is 0. The van der Waals surface area contributed by atoms with E-state index in [1.165, 1.54) is 18.2 Å². The third-order valence-corrected chi connectivity index (χ3v) is 3.31. The molecule has 130 valence electrons. The zero-order chi connectivity index (χ0) is 17.5. The second kappa shape index (κ2) is 8.64. The van der Waals surface area contributed by atoms with E-state index in [-0.39, 0.29) is 17.8 Å². The average molecular weight is 332 g/mol. The van der Waals surface area contributed by atoms with Gasteiger partial charge in [-0.2, -0.15) is 0 Å². The van der Waals surface area contributed by atoms with Crippen LogP contribution in [0.15, 0.2) is 24.3 Å². The van der Waals surface area contributed by atoms with E-state index in [1.54, 1.807) is 13.0 Å². The highest BCUT2D eigenvalue weighted by molar-refractivity contribution is 5.74. The molecule has 7 heteroatoms. The molecule has 1 rings (SSSR count). The van der Waals surface area contributed by atoms with E-state index in [0.29, 0.717) is 5.56 Å². The molecule has 0 spiro atoms. The van der Waals surface area contributed by atoms with Gasteiger partial charge in [0.05, 0.1) is 6.04 Å². The van der Waals surface area contributed by atoms with Gasteiger partial charge < -0.3 is 15.4 Å². The molecule has 0 fully saturated rings. The van der Waals surface area contributed by atoms with Crippen LogP contribution < -0.4 is 15.4 Å². The molecule has 0 saturated carbocycles. The Kier molecular flexibility index (Phi) is 7.19. The van der Waals surface area contributed by atoms with Gasteiger partial charge in [0, 0.05) is 6.04 Å². The number of alkyl halides is 3. The molecule has 0 radical (unpaired) electrons. The first kappa shape index (κ1) is 19.1. The lowest BCUT2D eigenvalue weighted by Gasteiger charge is -2.19. The molecule has 0 heterocycles. The molecule has 23 heavy (non-hydrogen) atoms. The highest BCUT2D eigenvalue weighted by Crippen LogP contribution is 2.25. The van der Waals surface area contributed by atoms with Crippen molar-refractivity contribution >= 4 is 6.03 Å². The van der Waals surface area contributed by atoms with Crippen LogP contribution in [-0.4, -0.2) is 18.4 Å². The molecular weight excluding hydrogens is 309 g/mol. The maximum atomic E-state index is 12.2. The lowest BCUT2D eigenvalue weighted by molar-refractivity contribution is -0.274. The van der Waals surface area contributed by atoms with Crippen molar-refractivity contribution in [2.24, 2.45) is 0 Å². The molecule has 0 bridgehead atoms. The Morgan fingerprint density at radius 1 is 1.26 bits per heavy atom. The molecule has 0 aromatic heterocycles. The van der Waals surface area contributed by atoms with Gasteiger partial charge in [-0.05, 0) is 38.0 Å². The summed E-state index contributed by atoms with van der Waals surface area (Å²) in [5.74, 6) is -0.305. The van der Waals surface area contributed by atoms with Crippen LogP contribution in [0.2, 0.25) is 0 Å². The van der Waals surface area contributed by atoms with Crippen LogP contribution in [0.25, 0.3) is 0 Å². The van der Waals surface area contributed by atoms with Crippen molar-refractivity contribution < 1.29 is 22.7 Å². The molecule has 1 aromatic rings. The van der Waals surface area contributed by atoms with E-state index in [0.717, 1.165) is 19.3 Å². The molecule has 0 aliphatic rings. The maximum absolute atomic E-state index is 12.2. The number of hydrogen-bond donors (Lipinski definition) is 2. The number of rotatable bonds is 7. The Labute approximate surface area is 134 Å². The minimum atomic E-state index is -4.73. The predicted octanol–water partition coefficient (Wildman–Crippen LogP) is 4.52. The van der Waals surface area contributed by atoms with E-state index in [9.17, 15) is 18.0 Å². The highest BCUT2D eigenvalue weighted by atomic mass is 19.4. The fourth-order valence-electron chi connectivity index (χ4n) is 2.11. The van der Waals surface area contributed by atoms with Crippen molar-refractivity contribution in [3.05, 3.63) is 29.8 Å². The van der Waals surface area contributed by atoms with Gasteiger partial charge in [0.15, 0.2) is 0 Å². The number of hydrogen-bond acceptors (Lipinski definition) is 2. The van der Waals surface area contributed by atoms with Gasteiger partial charge in [0.1, 0.15) is 5.75 Å². The third-order valence-electron chi connectivity index (χ3n) is 3.31. The minimum absolute atomic E-state index is 0.0436. The van der Waals surface area contributed by atoms with Gasteiger partial charge in [-0.25, -0.2) is 4.79 Å². The molecule has 2 atom stereocenters. The average Bonchev–Trinajstić information content (AvgIpc) is 2.43. The third kappa shape index (κ3) is 7.76. The quantitative estimate of drug-likeness (QED) is 0.771. The van der Waals surface area contributed by atoms with Gasteiger partial charge in [-0.15, -0.1) is 13.2 Å². The summed E-state index contributed by atoms with van der Waals surface area (Å²) in [6, 6.07) is 4.83. The van der Waals surface area contributed by atoms with Gasteiger partial charge in [-0.1, -0.05) is 31.9 Å². The molecule has 2 unspecified atom stereocenters. The summed E-state index contributed by atoms with van der Waals surface area (Å²) in [6.45, 7) is 5.69. The zero-order valence-corrected chi connectivity index (χ0v) is 13.5. The van der Waals surface area contributed by atoms with Crippen molar-refractivity contribution in [2.45, 2.75) is 58.5 Å². The summed E-state index contributed by atoms with van der Waals surface area (Å²) < 4.78 is 40.6. The van der Waals surface area contributed by atoms with Crippen LogP contribution in [0, 0.1) is 0 Å². The molecule has 4 nitrogen and oxygen atoms in total. The lowest BCUT2D eigenvalue weighted by atomic mass is 10.1. The Hall–Kier alpha value is -1.92.